The molecule has 184 valence electrons. The summed E-state index contributed by atoms with van der Waals surface area (Å²) >= 11 is 0.955. The van der Waals surface area contributed by atoms with Crippen LogP contribution < -0.4 is 15.2 Å². The van der Waals surface area contributed by atoms with Crippen LogP contribution in [0.1, 0.15) is 11.3 Å². The van der Waals surface area contributed by atoms with Crippen molar-refractivity contribution in [1.82, 2.24) is 20.0 Å². The normalized spacial score (nSPS) is 10.4. The number of carbonyl (C=O) groups is 1. The Kier molecular flexibility index (Phi) is 8.21. The van der Waals surface area contributed by atoms with Crippen LogP contribution in [0.5, 0.6) is 5.75 Å². The Labute approximate surface area is 209 Å². The molecule has 0 aliphatic carbocycles. The Morgan fingerprint density at radius 2 is 1.97 bits per heavy atom. The molecule has 4 aromatic rings. The minimum atomic E-state index is -3.87. The monoisotopic (exact) mass is 526 g/mol. The Hall–Kier alpha value is -4.47. The molecule has 2 heterocycles. The van der Waals surface area contributed by atoms with Crippen molar-refractivity contribution in [3.63, 3.8) is 0 Å². The minimum absolute atomic E-state index is 0. The van der Waals surface area contributed by atoms with Crippen LogP contribution in [-0.2, 0) is 28.0 Å². The summed E-state index contributed by atoms with van der Waals surface area (Å²) in [6, 6.07) is 11.8. The number of nitrogens with one attached hydrogen (secondary N) is 1. The highest BCUT2D eigenvalue weighted by Crippen LogP contribution is 2.28. The number of carbonyl (C=O) groups excluding carboxylic acids is 1. The maximum absolute atomic E-state index is 12.3. The van der Waals surface area contributed by atoms with Crippen molar-refractivity contribution in [2.45, 2.75) is 17.5 Å². The van der Waals surface area contributed by atoms with E-state index in [1.54, 1.807) is 54.8 Å². The quantitative estimate of drug-likeness (QED) is 0.291. The SMILES string of the molecule is NS(=O)(=O)c1nc2ccc(OCc3cn(CC(=O)Nc4ccc(C#CC#CO)cc4)nn3)cc2s1.O. The zero-order valence-corrected chi connectivity index (χ0v) is 19.9. The molecule has 12 nitrogen and oxygen atoms in total. The first kappa shape index (κ1) is 26.1. The molecule has 2 aromatic heterocycles. The number of hydrogen-bond donors (Lipinski definition) is 3. The van der Waals surface area contributed by atoms with Crippen molar-refractivity contribution in [2.24, 2.45) is 5.14 Å². The van der Waals surface area contributed by atoms with Crippen molar-refractivity contribution < 1.29 is 28.5 Å². The van der Waals surface area contributed by atoms with Gasteiger partial charge in [0, 0.05) is 17.2 Å². The highest BCUT2D eigenvalue weighted by Gasteiger charge is 2.15. The number of aromatic nitrogens is 4. The standard InChI is InChI=1S/C22H16N6O5S2.H2O/c23-35(31,32)22-25-19-9-8-18(11-20(19)34-22)33-14-17-12-28(27-26-17)13-21(30)24-16-6-4-15(5-7-16)3-1-2-10-29;/h4-9,11-12,29H,13-14H2,(H,24,30)(H2,23,31,32);1H2. The van der Waals surface area contributed by atoms with E-state index in [0.29, 0.717) is 32.9 Å². The molecule has 36 heavy (non-hydrogen) atoms. The largest absolute Gasteiger partial charge is 0.487 e. The molecule has 6 N–H and O–H groups in total. The molecule has 0 unspecified atom stereocenters. The number of fused-ring (bicyclic) bond motifs is 1. The topological polar surface area (TPSA) is 194 Å². The fourth-order valence-electron chi connectivity index (χ4n) is 2.85. The molecule has 0 saturated carbocycles. The number of amides is 1. The van der Waals surface area contributed by atoms with Gasteiger partial charge in [0.15, 0.2) is 0 Å². The van der Waals surface area contributed by atoms with Crippen molar-refractivity contribution in [3.8, 4) is 29.6 Å². The zero-order chi connectivity index (χ0) is 24.8. The predicted molar refractivity (Wildman–Crippen MR) is 131 cm³/mol. The first-order chi connectivity index (χ1) is 16.8. The van der Waals surface area contributed by atoms with Crippen molar-refractivity contribution in [2.75, 3.05) is 5.32 Å². The molecule has 2 aromatic carbocycles. The molecule has 0 radical (unpaired) electrons. The lowest BCUT2D eigenvalue weighted by Crippen LogP contribution is -2.19. The molecule has 0 spiro atoms. The Bertz CT molecular complexity index is 1620. The molecule has 0 aliphatic heterocycles. The second kappa shape index (κ2) is 11.3. The van der Waals surface area contributed by atoms with E-state index < -0.39 is 10.0 Å². The Morgan fingerprint density at radius 3 is 2.69 bits per heavy atom. The van der Waals surface area contributed by atoms with Crippen LogP contribution in [0.25, 0.3) is 10.2 Å². The fraction of sp³-hybridized carbons (Fsp3) is 0.0909. The molecular formula is C22H18N6O6S2. The fourth-order valence-corrected chi connectivity index (χ4v) is 4.54. The van der Waals surface area contributed by atoms with Gasteiger partial charge in [-0.05, 0) is 48.4 Å². The number of rotatable bonds is 7. The number of anilines is 1. The van der Waals surface area contributed by atoms with Crippen molar-refractivity contribution in [3.05, 3.63) is 59.9 Å². The third-order valence-electron chi connectivity index (χ3n) is 4.36. The number of primary sulfonamides is 1. The van der Waals surface area contributed by atoms with E-state index in [0.717, 1.165) is 11.3 Å². The summed E-state index contributed by atoms with van der Waals surface area (Å²) in [4.78, 5) is 16.3. The number of ether oxygens (including phenoxy) is 1. The molecule has 0 atom stereocenters. The van der Waals surface area contributed by atoms with E-state index in [2.05, 4.69) is 38.4 Å². The van der Waals surface area contributed by atoms with E-state index in [1.807, 2.05) is 0 Å². The van der Waals surface area contributed by atoms with Gasteiger partial charge in [0.2, 0.25) is 10.2 Å². The summed E-state index contributed by atoms with van der Waals surface area (Å²) in [6.45, 7) is 0.0426. The number of aliphatic hydroxyl groups excluding tert-OH is 1. The third-order valence-corrected chi connectivity index (χ3v) is 6.69. The highest BCUT2D eigenvalue weighted by molar-refractivity contribution is 7.91. The summed E-state index contributed by atoms with van der Waals surface area (Å²) in [5, 5.41) is 24.2. The lowest BCUT2D eigenvalue weighted by Gasteiger charge is -2.05. The van der Waals surface area contributed by atoms with Gasteiger partial charge in [0.05, 0.1) is 16.4 Å². The average molecular weight is 527 g/mol. The second-order valence-electron chi connectivity index (χ2n) is 6.96. The van der Waals surface area contributed by atoms with Crippen LogP contribution in [0.15, 0.2) is 53.0 Å². The van der Waals surface area contributed by atoms with Gasteiger partial charge < -0.3 is 20.6 Å². The van der Waals surface area contributed by atoms with Crippen LogP contribution in [0.4, 0.5) is 5.69 Å². The predicted octanol–water partition coefficient (Wildman–Crippen LogP) is 0.613. The van der Waals surface area contributed by atoms with Crippen molar-refractivity contribution in [1.29, 1.82) is 0 Å². The number of thiazole rings is 1. The first-order valence-electron chi connectivity index (χ1n) is 9.80. The van der Waals surface area contributed by atoms with Gasteiger partial charge >= 0.3 is 0 Å². The molecule has 14 heteroatoms. The molecular weight excluding hydrogens is 508 g/mol. The maximum atomic E-state index is 12.3. The van der Waals surface area contributed by atoms with Gasteiger partial charge in [-0.3, -0.25) is 4.79 Å². The number of hydrogen-bond acceptors (Lipinski definition) is 9. The second-order valence-corrected chi connectivity index (χ2v) is 9.73. The van der Waals surface area contributed by atoms with Crippen molar-refractivity contribution >= 4 is 43.2 Å². The Morgan fingerprint density at radius 1 is 1.19 bits per heavy atom. The van der Waals surface area contributed by atoms with Crippen LogP contribution in [-0.4, -0.2) is 44.9 Å². The zero-order valence-electron chi connectivity index (χ0n) is 18.3. The smallest absolute Gasteiger partial charge is 0.265 e. The lowest BCUT2D eigenvalue weighted by molar-refractivity contribution is -0.116. The van der Waals surface area contributed by atoms with E-state index in [1.165, 1.54) is 4.68 Å². The number of nitrogens with zero attached hydrogens (tertiary/aromatic N) is 4. The van der Waals surface area contributed by atoms with Gasteiger partial charge in [-0.2, -0.15) is 0 Å². The minimum Gasteiger partial charge on any atom is -0.487 e. The first-order valence-corrected chi connectivity index (χ1v) is 12.2. The average Bonchev–Trinajstić information content (AvgIpc) is 3.45. The maximum Gasteiger partial charge on any atom is 0.265 e. The van der Waals surface area contributed by atoms with E-state index in [9.17, 15) is 13.2 Å². The molecule has 0 fully saturated rings. The molecule has 1 amide bonds. The number of nitrogens with two attached hydrogens (primary N) is 1. The molecule has 0 saturated heterocycles. The van der Waals surface area contributed by atoms with E-state index in [4.69, 9.17) is 15.0 Å². The summed E-state index contributed by atoms with van der Waals surface area (Å²) in [7, 11) is -3.87. The van der Waals surface area contributed by atoms with Gasteiger partial charge in [-0.15, -0.1) is 16.4 Å². The highest BCUT2D eigenvalue weighted by atomic mass is 32.2. The van der Waals surface area contributed by atoms with Gasteiger partial charge in [0.25, 0.3) is 10.0 Å². The van der Waals surface area contributed by atoms with E-state index in [-0.39, 0.29) is 28.9 Å². The van der Waals surface area contributed by atoms with E-state index >= 15 is 0 Å². The van der Waals surface area contributed by atoms with Gasteiger partial charge in [-0.25, -0.2) is 23.2 Å². The molecule has 0 bridgehead atoms. The lowest BCUT2D eigenvalue weighted by atomic mass is 10.2. The number of aliphatic hydroxyl groups is 1. The van der Waals surface area contributed by atoms with Crippen LogP contribution >= 0.6 is 11.3 Å². The van der Waals surface area contributed by atoms with Crippen LogP contribution in [0.3, 0.4) is 0 Å². The summed E-state index contributed by atoms with van der Waals surface area (Å²) < 4.78 is 30.5. The summed E-state index contributed by atoms with van der Waals surface area (Å²) in [5.74, 6) is 7.64. The summed E-state index contributed by atoms with van der Waals surface area (Å²) in [6.07, 6.45) is 3.29. The Balaban J connectivity index is 0.00000361. The number of sulfonamides is 1. The number of benzene rings is 2. The molecule has 4 rings (SSSR count). The van der Waals surface area contributed by atoms with Gasteiger partial charge in [-0.1, -0.05) is 11.1 Å². The third kappa shape index (κ3) is 6.78. The van der Waals surface area contributed by atoms with Crippen LogP contribution in [0, 0.1) is 23.9 Å². The van der Waals surface area contributed by atoms with Gasteiger partial charge in [0.1, 0.15) is 30.7 Å². The summed E-state index contributed by atoms with van der Waals surface area (Å²) in [5.41, 5.74) is 2.27. The molecule has 0 aliphatic rings. The van der Waals surface area contributed by atoms with Crippen LogP contribution in [0.2, 0.25) is 0 Å².